The molecule has 1 heterocycles. The predicted molar refractivity (Wildman–Crippen MR) is 69.7 cm³/mol. The van der Waals surface area contributed by atoms with Crippen molar-refractivity contribution in [3.05, 3.63) is 22.4 Å². The van der Waals surface area contributed by atoms with Crippen molar-refractivity contribution in [2.24, 2.45) is 17.8 Å². The van der Waals surface area contributed by atoms with E-state index in [1.54, 1.807) is 4.88 Å². The SMILES string of the molecule is CCCNC(c1cccs1)C1CC2CC2C1. The van der Waals surface area contributed by atoms with Crippen molar-refractivity contribution >= 4 is 11.3 Å². The van der Waals surface area contributed by atoms with E-state index in [2.05, 4.69) is 29.8 Å². The molecule has 0 amide bonds. The summed E-state index contributed by atoms with van der Waals surface area (Å²) in [5, 5.41) is 5.98. The predicted octanol–water partition coefficient (Wildman–Crippen LogP) is 3.83. The maximum absolute atomic E-state index is 3.77. The average molecular weight is 235 g/mol. The van der Waals surface area contributed by atoms with E-state index in [1.165, 1.54) is 25.7 Å². The first-order chi connectivity index (χ1) is 7.88. The van der Waals surface area contributed by atoms with Gasteiger partial charge >= 0.3 is 0 Å². The van der Waals surface area contributed by atoms with Crippen LogP contribution in [0.3, 0.4) is 0 Å². The summed E-state index contributed by atoms with van der Waals surface area (Å²) in [6, 6.07) is 5.14. The van der Waals surface area contributed by atoms with E-state index in [0.29, 0.717) is 6.04 Å². The topological polar surface area (TPSA) is 12.0 Å². The van der Waals surface area contributed by atoms with Crippen molar-refractivity contribution in [3.8, 4) is 0 Å². The highest BCUT2D eigenvalue weighted by Crippen LogP contribution is 2.57. The molecule has 0 aromatic carbocycles. The molecular weight excluding hydrogens is 214 g/mol. The molecule has 1 nitrogen and oxygen atoms in total. The molecule has 1 aromatic heterocycles. The van der Waals surface area contributed by atoms with E-state index in [9.17, 15) is 0 Å². The number of thiophene rings is 1. The van der Waals surface area contributed by atoms with Crippen LogP contribution < -0.4 is 5.32 Å². The van der Waals surface area contributed by atoms with Gasteiger partial charge in [0.1, 0.15) is 0 Å². The molecule has 1 N–H and O–H groups in total. The minimum Gasteiger partial charge on any atom is -0.309 e. The molecule has 2 fully saturated rings. The van der Waals surface area contributed by atoms with Crippen LogP contribution in [0.15, 0.2) is 17.5 Å². The van der Waals surface area contributed by atoms with Gasteiger partial charge in [-0.3, -0.25) is 0 Å². The second-order valence-corrected chi connectivity index (χ2v) is 6.41. The molecule has 2 heteroatoms. The van der Waals surface area contributed by atoms with Gasteiger partial charge < -0.3 is 5.32 Å². The van der Waals surface area contributed by atoms with Crippen LogP contribution in [-0.4, -0.2) is 6.54 Å². The van der Waals surface area contributed by atoms with Gasteiger partial charge in [-0.05, 0) is 61.4 Å². The van der Waals surface area contributed by atoms with Crippen molar-refractivity contribution in [1.29, 1.82) is 0 Å². The molecule has 3 rings (SSSR count). The van der Waals surface area contributed by atoms with Crippen molar-refractivity contribution in [2.45, 2.75) is 38.6 Å². The summed E-state index contributed by atoms with van der Waals surface area (Å²) in [6.45, 7) is 3.42. The lowest BCUT2D eigenvalue weighted by molar-refractivity contribution is 0.346. The number of hydrogen-bond donors (Lipinski definition) is 1. The zero-order valence-corrected chi connectivity index (χ0v) is 10.8. The molecule has 3 unspecified atom stereocenters. The highest BCUT2D eigenvalue weighted by Gasteiger charge is 2.48. The maximum atomic E-state index is 3.77. The largest absolute Gasteiger partial charge is 0.309 e. The van der Waals surface area contributed by atoms with Gasteiger partial charge in [0.05, 0.1) is 0 Å². The van der Waals surface area contributed by atoms with Crippen LogP contribution in [0.2, 0.25) is 0 Å². The summed E-state index contributed by atoms with van der Waals surface area (Å²) in [7, 11) is 0. The minimum absolute atomic E-state index is 0.646. The van der Waals surface area contributed by atoms with E-state index < -0.39 is 0 Å². The van der Waals surface area contributed by atoms with Gasteiger partial charge in [0.15, 0.2) is 0 Å². The van der Waals surface area contributed by atoms with Crippen LogP contribution in [0.4, 0.5) is 0 Å². The first kappa shape index (κ1) is 10.8. The fraction of sp³-hybridized carbons (Fsp3) is 0.714. The highest BCUT2D eigenvalue weighted by molar-refractivity contribution is 7.10. The summed E-state index contributed by atoms with van der Waals surface area (Å²) in [5.41, 5.74) is 0. The summed E-state index contributed by atoms with van der Waals surface area (Å²) in [5.74, 6) is 3.10. The molecule has 2 aliphatic carbocycles. The molecule has 88 valence electrons. The number of hydrogen-bond acceptors (Lipinski definition) is 2. The molecule has 2 aliphatic rings. The van der Waals surface area contributed by atoms with Gasteiger partial charge in [0.2, 0.25) is 0 Å². The van der Waals surface area contributed by atoms with Crippen molar-refractivity contribution in [2.75, 3.05) is 6.54 Å². The van der Waals surface area contributed by atoms with Gasteiger partial charge in [0, 0.05) is 10.9 Å². The average Bonchev–Trinajstić information content (AvgIpc) is 2.73. The first-order valence-corrected chi connectivity index (χ1v) is 7.53. The Kier molecular flexibility index (Phi) is 3.03. The van der Waals surface area contributed by atoms with Crippen LogP contribution in [0.25, 0.3) is 0 Å². The molecule has 2 saturated carbocycles. The smallest absolute Gasteiger partial charge is 0.0443 e. The molecule has 1 aromatic rings. The fourth-order valence-electron chi connectivity index (χ4n) is 3.30. The first-order valence-electron chi connectivity index (χ1n) is 6.65. The molecule has 16 heavy (non-hydrogen) atoms. The lowest BCUT2D eigenvalue weighted by atomic mass is 9.93. The second-order valence-electron chi connectivity index (χ2n) is 5.43. The molecule has 0 radical (unpaired) electrons. The van der Waals surface area contributed by atoms with Gasteiger partial charge in [-0.25, -0.2) is 0 Å². The highest BCUT2D eigenvalue weighted by atomic mass is 32.1. The fourth-order valence-corrected chi connectivity index (χ4v) is 4.20. The summed E-state index contributed by atoms with van der Waals surface area (Å²) in [6.07, 6.45) is 5.72. The Hall–Kier alpha value is -0.340. The van der Waals surface area contributed by atoms with Gasteiger partial charge in [-0.2, -0.15) is 0 Å². The standard InChI is InChI=1S/C14H21NS/c1-2-5-15-14(13-4-3-6-16-13)12-8-10-7-11(10)9-12/h3-4,6,10-12,14-15H,2,5,7-9H2,1H3. The van der Waals surface area contributed by atoms with Crippen LogP contribution in [0.5, 0.6) is 0 Å². The lowest BCUT2D eigenvalue weighted by Crippen LogP contribution is -2.27. The molecule has 0 saturated heterocycles. The van der Waals surface area contributed by atoms with Crippen molar-refractivity contribution < 1.29 is 0 Å². The second kappa shape index (κ2) is 4.50. The van der Waals surface area contributed by atoms with E-state index in [1.807, 2.05) is 11.3 Å². The van der Waals surface area contributed by atoms with E-state index in [0.717, 1.165) is 24.3 Å². The van der Waals surface area contributed by atoms with Crippen molar-refractivity contribution in [3.63, 3.8) is 0 Å². The minimum atomic E-state index is 0.646. The third-order valence-electron chi connectivity index (χ3n) is 4.22. The zero-order chi connectivity index (χ0) is 11.0. The Bertz CT molecular complexity index is 323. The summed E-state index contributed by atoms with van der Waals surface area (Å²) >= 11 is 1.92. The summed E-state index contributed by atoms with van der Waals surface area (Å²) in [4.78, 5) is 1.56. The number of nitrogens with one attached hydrogen (secondary N) is 1. The molecule has 0 bridgehead atoms. The van der Waals surface area contributed by atoms with Crippen LogP contribution in [-0.2, 0) is 0 Å². The quantitative estimate of drug-likeness (QED) is 0.817. The summed E-state index contributed by atoms with van der Waals surface area (Å²) < 4.78 is 0. The van der Waals surface area contributed by atoms with Gasteiger partial charge in [-0.1, -0.05) is 13.0 Å². The normalized spacial score (nSPS) is 33.7. The van der Waals surface area contributed by atoms with Gasteiger partial charge in [0.25, 0.3) is 0 Å². The monoisotopic (exact) mass is 235 g/mol. The van der Waals surface area contributed by atoms with Crippen LogP contribution in [0.1, 0.15) is 43.5 Å². The Morgan fingerprint density at radius 1 is 1.38 bits per heavy atom. The Morgan fingerprint density at radius 3 is 2.81 bits per heavy atom. The van der Waals surface area contributed by atoms with Gasteiger partial charge in [-0.15, -0.1) is 11.3 Å². The third kappa shape index (κ3) is 2.05. The lowest BCUT2D eigenvalue weighted by Gasteiger charge is -2.25. The Balaban J connectivity index is 1.68. The van der Waals surface area contributed by atoms with Crippen LogP contribution in [0, 0.1) is 17.8 Å². The third-order valence-corrected chi connectivity index (χ3v) is 5.17. The molecular formula is C14H21NS. The van der Waals surface area contributed by atoms with E-state index in [-0.39, 0.29) is 0 Å². The number of rotatable bonds is 5. The molecule has 0 aliphatic heterocycles. The van der Waals surface area contributed by atoms with E-state index in [4.69, 9.17) is 0 Å². The molecule has 3 atom stereocenters. The zero-order valence-electron chi connectivity index (χ0n) is 9.99. The van der Waals surface area contributed by atoms with Crippen molar-refractivity contribution in [1.82, 2.24) is 5.32 Å². The maximum Gasteiger partial charge on any atom is 0.0443 e. The number of fused-ring (bicyclic) bond motifs is 1. The Morgan fingerprint density at radius 2 is 2.19 bits per heavy atom. The Labute approximate surface area is 102 Å². The van der Waals surface area contributed by atoms with E-state index >= 15 is 0 Å². The van der Waals surface area contributed by atoms with Crippen LogP contribution >= 0.6 is 11.3 Å². The molecule has 0 spiro atoms.